The largest absolute Gasteiger partial charge is 0.359 e. The van der Waals surface area contributed by atoms with E-state index in [1.165, 1.54) is 33.0 Å². The average molecular weight is 244 g/mol. The monoisotopic (exact) mass is 244 g/mol. The molecule has 2 aliphatic rings. The molecule has 0 unspecified atom stereocenters. The Hall–Kier alpha value is -2.12. The molecule has 1 heteroatoms. The molecule has 0 amide bonds. The molecule has 1 aliphatic heterocycles. The molecule has 90 valence electrons. The third kappa shape index (κ3) is 1.23. The number of hydrogen-bond donors (Lipinski definition) is 0. The first kappa shape index (κ1) is 9.76. The zero-order valence-corrected chi connectivity index (χ0v) is 10.3. The van der Waals surface area contributed by atoms with E-state index in [0.29, 0.717) is 0 Å². The van der Waals surface area contributed by atoms with Crippen LogP contribution in [0.5, 0.6) is 0 Å². The molecule has 0 saturated carbocycles. The van der Waals surface area contributed by atoms with Crippen molar-refractivity contribution < 1.29 is 4.74 Å². The first-order valence-electron chi connectivity index (χ1n) is 6.69. The molecule has 0 radical (unpaired) electrons. The summed E-state index contributed by atoms with van der Waals surface area (Å²) in [5.74, 6) is 0. The smallest absolute Gasteiger partial charge is 0.114 e. The van der Waals surface area contributed by atoms with Gasteiger partial charge in [-0.2, -0.15) is 0 Å². The molecule has 1 nitrogen and oxygen atoms in total. The van der Waals surface area contributed by atoms with Crippen LogP contribution in [0.2, 0.25) is 0 Å². The van der Waals surface area contributed by atoms with Crippen molar-refractivity contribution in [2.24, 2.45) is 0 Å². The van der Waals surface area contributed by atoms with Gasteiger partial charge in [0.25, 0.3) is 0 Å². The SMILES string of the molecule is c1ccc2c(c1)-c1cc3ccccc3cc1[C@H]1O[C@@H]21. The van der Waals surface area contributed by atoms with Gasteiger partial charge in [-0.3, -0.25) is 0 Å². The molecule has 19 heavy (non-hydrogen) atoms. The van der Waals surface area contributed by atoms with Gasteiger partial charge in [-0.25, -0.2) is 0 Å². The standard InChI is InChI=1S/C18H12O/c1-2-6-12-10-16-15(9-11(12)5-1)13-7-3-4-8-14(13)17-18(16)19-17/h1-10,17-18H/t17-,18+/m0/s1. The second-order valence-corrected chi connectivity index (χ2v) is 5.35. The third-order valence-electron chi connectivity index (χ3n) is 4.27. The van der Waals surface area contributed by atoms with Gasteiger partial charge in [0.1, 0.15) is 12.2 Å². The summed E-state index contributed by atoms with van der Waals surface area (Å²) in [6, 6.07) is 21.8. The molecule has 0 N–H and O–H groups in total. The number of benzene rings is 3. The molecule has 5 rings (SSSR count). The Kier molecular flexibility index (Phi) is 1.67. The summed E-state index contributed by atoms with van der Waals surface area (Å²) >= 11 is 0. The van der Waals surface area contributed by atoms with Gasteiger partial charge in [0.2, 0.25) is 0 Å². The number of fused-ring (bicyclic) bond motifs is 7. The molecule has 1 fully saturated rings. The number of hydrogen-bond acceptors (Lipinski definition) is 1. The lowest BCUT2D eigenvalue weighted by atomic mass is 9.84. The molecule has 3 aromatic rings. The lowest BCUT2D eigenvalue weighted by Gasteiger charge is -2.17. The van der Waals surface area contributed by atoms with E-state index in [1.54, 1.807) is 0 Å². The van der Waals surface area contributed by atoms with E-state index < -0.39 is 0 Å². The average Bonchev–Trinajstić information content (AvgIpc) is 3.27. The summed E-state index contributed by atoms with van der Waals surface area (Å²) in [5.41, 5.74) is 5.37. The maximum absolute atomic E-state index is 5.88. The van der Waals surface area contributed by atoms with E-state index in [-0.39, 0.29) is 12.2 Å². The minimum absolute atomic E-state index is 0.273. The highest BCUT2D eigenvalue weighted by molar-refractivity contribution is 5.91. The normalized spacial score (nSPS) is 22.5. The van der Waals surface area contributed by atoms with Crippen LogP contribution < -0.4 is 0 Å². The van der Waals surface area contributed by atoms with Crippen LogP contribution in [-0.4, -0.2) is 0 Å². The Bertz CT molecular complexity index is 819. The number of rotatable bonds is 0. The van der Waals surface area contributed by atoms with E-state index >= 15 is 0 Å². The Morgan fingerprint density at radius 3 is 2.21 bits per heavy atom. The predicted molar refractivity (Wildman–Crippen MR) is 76.0 cm³/mol. The van der Waals surface area contributed by atoms with Crippen LogP contribution in [0, 0.1) is 0 Å². The van der Waals surface area contributed by atoms with Gasteiger partial charge in [-0.05, 0) is 45.2 Å². The van der Waals surface area contributed by atoms with Crippen molar-refractivity contribution in [2.75, 3.05) is 0 Å². The molecule has 1 heterocycles. The van der Waals surface area contributed by atoms with Crippen molar-refractivity contribution in [2.45, 2.75) is 12.2 Å². The van der Waals surface area contributed by atoms with Crippen LogP contribution in [0.1, 0.15) is 23.3 Å². The van der Waals surface area contributed by atoms with Crippen LogP contribution in [0.4, 0.5) is 0 Å². The summed E-state index contributed by atoms with van der Waals surface area (Å²) in [4.78, 5) is 0. The van der Waals surface area contributed by atoms with Crippen molar-refractivity contribution in [1.82, 2.24) is 0 Å². The van der Waals surface area contributed by atoms with Crippen molar-refractivity contribution in [3.05, 3.63) is 71.8 Å². The quantitative estimate of drug-likeness (QED) is 0.525. The zero-order chi connectivity index (χ0) is 12.4. The van der Waals surface area contributed by atoms with Crippen molar-refractivity contribution in [3.63, 3.8) is 0 Å². The molecule has 2 atom stereocenters. The van der Waals surface area contributed by atoms with Crippen molar-refractivity contribution >= 4 is 10.8 Å². The Labute approximate surface area is 111 Å². The summed E-state index contributed by atoms with van der Waals surface area (Å²) in [6.45, 7) is 0. The summed E-state index contributed by atoms with van der Waals surface area (Å²) < 4.78 is 5.88. The lowest BCUT2D eigenvalue weighted by molar-refractivity contribution is 0.380. The maximum Gasteiger partial charge on any atom is 0.114 e. The molecule has 1 saturated heterocycles. The fourth-order valence-corrected chi connectivity index (χ4v) is 3.30. The highest BCUT2D eigenvalue weighted by Gasteiger charge is 2.47. The highest BCUT2D eigenvalue weighted by Crippen LogP contribution is 2.59. The van der Waals surface area contributed by atoms with E-state index in [1.807, 2.05) is 0 Å². The first-order chi connectivity index (χ1) is 9.42. The predicted octanol–water partition coefficient (Wildman–Crippen LogP) is 4.63. The minimum Gasteiger partial charge on any atom is -0.359 e. The van der Waals surface area contributed by atoms with Gasteiger partial charge in [-0.1, -0.05) is 48.5 Å². The summed E-state index contributed by atoms with van der Waals surface area (Å²) in [7, 11) is 0. The zero-order valence-electron chi connectivity index (χ0n) is 10.3. The van der Waals surface area contributed by atoms with Gasteiger partial charge in [0.05, 0.1) is 0 Å². The topological polar surface area (TPSA) is 12.5 Å². The fourth-order valence-electron chi connectivity index (χ4n) is 3.30. The fraction of sp³-hybridized carbons (Fsp3) is 0.111. The second-order valence-electron chi connectivity index (χ2n) is 5.35. The van der Waals surface area contributed by atoms with Crippen LogP contribution in [0.15, 0.2) is 60.7 Å². The molecule has 0 spiro atoms. The Balaban J connectivity index is 1.90. The van der Waals surface area contributed by atoms with Crippen LogP contribution in [0.25, 0.3) is 21.9 Å². The van der Waals surface area contributed by atoms with E-state index in [9.17, 15) is 0 Å². The molecule has 1 aliphatic carbocycles. The molecule has 3 aromatic carbocycles. The van der Waals surface area contributed by atoms with Gasteiger partial charge in [-0.15, -0.1) is 0 Å². The van der Waals surface area contributed by atoms with Crippen molar-refractivity contribution in [3.8, 4) is 11.1 Å². The molecule has 0 bridgehead atoms. The van der Waals surface area contributed by atoms with Crippen LogP contribution in [-0.2, 0) is 4.74 Å². The van der Waals surface area contributed by atoms with Crippen LogP contribution in [0.3, 0.4) is 0 Å². The van der Waals surface area contributed by atoms with Crippen molar-refractivity contribution in [1.29, 1.82) is 0 Å². The van der Waals surface area contributed by atoms with Gasteiger partial charge in [0, 0.05) is 0 Å². The van der Waals surface area contributed by atoms with E-state index in [4.69, 9.17) is 4.74 Å². The van der Waals surface area contributed by atoms with E-state index in [2.05, 4.69) is 60.7 Å². The number of epoxide rings is 1. The first-order valence-corrected chi connectivity index (χ1v) is 6.69. The highest BCUT2D eigenvalue weighted by atomic mass is 16.6. The van der Waals surface area contributed by atoms with E-state index in [0.717, 1.165) is 0 Å². The Morgan fingerprint density at radius 2 is 1.32 bits per heavy atom. The summed E-state index contributed by atoms with van der Waals surface area (Å²) in [6.07, 6.45) is 0.555. The number of ether oxygens (including phenoxy) is 1. The van der Waals surface area contributed by atoms with Gasteiger partial charge in [0.15, 0.2) is 0 Å². The molecular weight excluding hydrogens is 232 g/mol. The molecular formula is C18H12O. The second kappa shape index (κ2) is 3.25. The lowest BCUT2D eigenvalue weighted by Crippen LogP contribution is -1.99. The third-order valence-corrected chi connectivity index (χ3v) is 4.27. The van der Waals surface area contributed by atoms with Gasteiger partial charge < -0.3 is 4.74 Å². The minimum atomic E-state index is 0.273. The maximum atomic E-state index is 5.88. The molecule has 0 aromatic heterocycles. The van der Waals surface area contributed by atoms with Gasteiger partial charge >= 0.3 is 0 Å². The Morgan fingerprint density at radius 1 is 0.632 bits per heavy atom. The van der Waals surface area contributed by atoms with Crippen LogP contribution >= 0.6 is 0 Å². The summed E-state index contributed by atoms with van der Waals surface area (Å²) in [5, 5.41) is 2.60.